The number of carbonyl (C=O) groups is 3. The van der Waals surface area contributed by atoms with Gasteiger partial charge in [0.15, 0.2) is 5.82 Å². The maximum Gasteiger partial charge on any atom is 0.278 e. The second kappa shape index (κ2) is 13.6. The lowest BCUT2D eigenvalue weighted by atomic mass is 10.00. The largest absolute Gasteiger partial charge is 0.507 e. The second-order valence-electron chi connectivity index (χ2n) is 10.0. The van der Waals surface area contributed by atoms with Crippen LogP contribution in [0, 0.1) is 6.92 Å². The molecule has 0 aliphatic carbocycles. The molecule has 3 amide bonds. The summed E-state index contributed by atoms with van der Waals surface area (Å²) in [6.45, 7) is 2.08. The lowest BCUT2D eigenvalue weighted by molar-refractivity contribution is -0.121. The number of phenolic OH excluding ortho intramolecular Hbond substituents is 1. The maximum absolute atomic E-state index is 13.1. The van der Waals surface area contributed by atoms with E-state index in [0.717, 1.165) is 16.8 Å². The minimum Gasteiger partial charge on any atom is -0.507 e. The van der Waals surface area contributed by atoms with Crippen molar-refractivity contribution >= 4 is 35.0 Å². The number of phenols is 1. The summed E-state index contributed by atoms with van der Waals surface area (Å²) >= 11 is 6.16. The first-order chi connectivity index (χ1) is 21.7. The summed E-state index contributed by atoms with van der Waals surface area (Å²) in [6, 6.07) is 16.1. The molecule has 0 saturated carbocycles. The predicted molar refractivity (Wildman–Crippen MR) is 165 cm³/mol. The molecule has 0 bridgehead atoms. The topological polar surface area (TPSA) is 169 Å². The summed E-state index contributed by atoms with van der Waals surface area (Å²) in [7, 11) is 2.86. The van der Waals surface area contributed by atoms with Crippen molar-refractivity contribution in [3.63, 3.8) is 0 Å². The molecule has 1 aromatic heterocycles. The van der Waals surface area contributed by atoms with Crippen LogP contribution in [-0.4, -0.2) is 70.6 Å². The van der Waals surface area contributed by atoms with Crippen LogP contribution in [0.25, 0.3) is 5.69 Å². The molecule has 0 spiro atoms. The molecule has 13 nitrogen and oxygen atoms in total. The number of halogens is 1. The van der Waals surface area contributed by atoms with Crippen LogP contribution in [0.3, 0.4) is 0 Å². The molecule has 3 aromatic carbocycles. The average molecular weight is 632 g/mol. The fraction of sp³-hybridized carbons (Fsp3) is 0.226. The van der Waals surface area contributed by atoms with Crippen LogP contribution in [0.1, 0.15) is 56.0 Å². The molecule has 1 aliphatic heterocycles. The molecule has 5 rings (SSSR count). The number of fused-ring (bicyclic) bond motifs is 3. The van der Waals surface area contributed by atoms with Crippen LogP contribution in [0.15, 0.2) is 65.7 Å². The van der Waals surface area contributed by atoms with Gasteiger partial charge in [0.2, 0.25) is 5.91 Å². The number of ether oxygens (including phenoxy) is 1. The third kappa shape index (κ3) is 6.79. The van der Waals surface area contributed by atoms with Gasteiger partial charge in [0.1, 0.15) is 23.4 Å². The molecule has 45 heavy (non-hydrogen) atoms. The highest BCUT2D eigenvalue weighted by Gasteiger charge is 2.30. The van der Waals surface area contributed by atoms with Crippen molar-refractivity contribution in [2.24, 2.45) is 4.99 Å². The van der Waals surface area contributed by atoms with Gasteiger partial charge in [-0.3, -0.25) is 28.8 Å². The fourth-order valence-corrected chi connectivity index (χ4v) is 5.04. The lowest BCUT2D eigenvalue weighted by Gasteiger charge is -2.14. The zero-order valence-corrected chi connectivity index (χ0v) is 25.4. The summed E-state index contributed by atoms with van der Waals surface area (Å²) in [5, 5.41) is 24.9. The number of hydrogen-bond donors (Lipinski definition) is 4. The molecule has 0 saturated heterocycles. The van der Waals surface area contributed by atoms with E-state index in [4.69, 9.17) is 21.3 Å². The van der Waals surface area contributed by atoms with E-state index < -0.39 is 17.9 Å². The number of carbonyl (C=O) groups excluding carboxylic acids is 3. The van der Waals surface area contributed by atoms with Crippen molar-refractivity contribution in [2.45, 2.75) is 19.4 Å². The smallest absolute Gasteiger partial charge is 0.278 e. The van der Waals surface area contributed by atoms with E-state index >= 15 is 0 Å². The number of benzene rings is 3. The highest BCUT2D eigenvalue weighted by Crippen LogP contribution is 2.34. The Kier molecular flexibility index (Phi) is 9.40. The number of amides is 3. The van der Waals surface area contributed by atoms with E-state index in [1.807, 2.05) is 41.8 Å². The lowest BCUT2D eigenvalue weighted by Crippen LogP contribution is -2.35. The molecular formula is C31H30ClN7O6. The number of hydroxylamine groups is 1. The molecule has 1 atom stereocenters. The molecule has 0 radical (unpaired) electrons. The Hall–Kier alpha value is -5.27. The van der Waals surface area contributed by atoms with Crippen molar-refractivity contribution in [3.05, 3.63) is 99.6 Å². The summed E-state index contributed by atoms with van der Waals surface area (Å²) in [5.74, 6) is -0.0460. The third-order valence-corrected chi connectivity index (χ3v) is 7.31. The van der Waals surface area contributed by atoms with E-state index in [-0.39, 0.29) is 42.3 Å². The van der Waals surface area contributed by atoms with Crippen molar-refractivity contribution in [2.75, 3.05) is 27.3 Å². The fourth-order valence-electron chi connectivity index (χ4n) is 4.92. The van der Waals surface area contributed by atoms with E-state index in [9.17, 15) is 19.5 Å². The van der Waals surface area contributed by atoms with Gasteiger partial charge in [-0.25, -0.2) is 5.48 Å². The molecule has 232 valence electrons. The Labute approximate surface area is 263 Å². The molecule has 1 unspecified atom stereocenters. The quantitative estimate of drug-likeness (QED) is 0.153. The van der Waals surface area contributed by atoms with Gasteiger partial charge in [-0.15, -0.1) is 10.2 Å². The first-order valence-corrected chi connectivity index (χ1v) is 14.2. The number of aromatic hydroxyl groups is 1. The number of aliphatic imine (C=N–C) groups is 1. The molecule has 1 aliphatic rings. The van der Waals surface area contributed by atoms with E-state index in [1.165, 1.54) is 25.3 Å². The standard InChI is InChI=1S/C31H30ClN7O6/c1-17-36-37-29-24(16-27(41)33-12-13-34-30(42)19-6-10-22(26(40)14-19)31(43)38-45-3)35-28(18-4-7-20(32)8-5-18)23-15-21(44-2)9-11-25(23)39(17)29/h4-11,14-15,24,40H,12-13,16H2,1-3H3,(H,33,41)(H,34,42)(H,38,43). The first kappa shape index (κ1) is 31.2. The Morgan fingerprint density at radius 1 is 0.956 bits per heavy atom. The Morgan fingerprint density at radius 2 is 1.71 bits per heavy atom. The monoisotopic (exact) mass is 631 g/mol. The second-order valence-corrected chi connectivity index (χ2v) is 10.4. The molecular weight excluding hydrogens is 602 g/mol. The van der Waals surface area contributed by atoms with Gasteiger partial charge < -0.3 is 20.5 Å². The van der Waals surface area contributed by atoms with Crippen LogP contribution < -0.4 is 20.9 Å². The third-order valence-electron chi connectivity index (χ3n) is 7.06. The van der Waals surface area contributed by atoms with Gasteiger partial charge in [-0.05, 0) is 55.5 Å². The minimum absolute atomic E-state index is 0.0346. The first-order valence-electron chi connectivity index (χ1n) is 13.9. The van der Waals surface area contributed by atoms with Crippen molar-refractivity contribution in [1.82, 2.24) is 30.9 Å². The van der Waals surface area contributed by atoms with Crippen LogP contribution in [0.5, 0.6) is 11.5 Å². The zero-order valence-electron chi connectivity index (χ0n) is 24.6. The molecule has 4 N–H and O–H groups in total. The van der Waals surface area contributed by atoms with Crippen molar-refractivity contribution < 1.29 is 29.1 Å². The van der Waals surface area contributed by atoms with Crippen molar-refractivity contribution in [1.29, 1.82) is 0 Å². The highest BCUT2D eigenvalue weighted by atomic mass is 35.5. The van der Waals surface area contributed by atoms with E-state index in [0.29, 0.717) is 28.1 Å². The number of nitrogens with zero attached hydrogens (tertiary/aromatic N) is 4. The number of aryl methyl sites for hydroxylation is 1. The molecule has 0 fully saturated rings. The van der Waals surface area contributed by atoms with Gasteiger partial charge in [0.25, 0.3) is 11.8 Å². The van der Waals surface area contributed by atoms with Crippen LogP contribution in [0.2, 0.25) is 5.02 Å². The van der Waals surface area contributed by atoms with E-state index in [2.05, 4.69) is 31.1 Å². The van der Waals surface area contributed by atoms with Gasteiger partial charge in [0.05, 0.1) is 37.6 Å². The zero-order chi connectivity index (χ0) is 32.1. The summed E-state index contributed by atoms with van der Waals surface area (Å²) in [5.41, 5.74) is 5.22. The minimum atomic E-state index is -0.679. The number of nitrogens with one attached hydrogen (secondary N) is 3. The van der Waals surface area contributed by atoms with Crippen LogP contribution in [0.4, 0.5) is 0 Å². The number of hydrogen-bond acceptors (Lipinski definition) is 9. The summed E-state index contributed by atoms with van der Waals surface area (Å²) in [4.78, 5) is 47.2. The summed E-state index contributed by atoms with van der Waals surface area (Å²) < 4.78 is 7.39. The normalized spacial score (nSPS) is 13.5. The van der Waals surface area contributed by atoms with Gasteiger partial charge in [-0.1, -0.05) is 23.7 Å². The van der Waals surface area contributed by atoms with Gasteiger partial charge >= 0.3 is 0 Å². The highest BCUT2D eigenvalue weighted by molar-refractivity contribution is 6.30. The van der Waals surface area contributed by atoms with Crippen molar-refractivity contribution in [3.8, 4) is 17.2 Å². The molecule has 4 aromatic rings. The predicted octanol–water partition coefficient (Wildman–Crippen LogP) is 3.06. The Balaban J connectivity index is 1.30. The molecule has 2 heterocycles. The Bertz CT molecular complexity index is 1790. The average Bonchev–Trinajstić information content (AvgIpc) is 3.36. The SMILES string of the molecule is CONC(=O)c1ccc(C(=O)NCCNC(=O)CC2N=C(c3ccc(Cl)cc3)c3cc(OC)ccc3-n3c(C)nnc32)cc1O. The maximum atomic E-state index is 13.1. The number of methoxy groups -OCH3 is 1. The van der Waals surface area contributed by atoms with Crippen LogP contribution in [-0.2, 0) is 9.63 Å². The van der Waals surface area contributed by atoms with E-state index in [1.54, 1.807) is 19.2 Å². The van der Waals surface area contributed by atoms with Crippen LogP contribution >= 0.6 is 11.6 Å². The summed E-state index contributed by atoms with van der Waals surface area (Å²) in [6.07, 6.45) is -0.0346. The Morgan fingerprint density at radius 3 is 2.42 bits per heavy atom. The number of rotatable bonds is 10. The number of aromatic nitrogens is 3. The molecule has 14 heteroatoms. The van der Waals surface area contributed by atoms with Gasteiger partial charge in [-0.2, -0.15) is 0 Å². The van der Waals surface area contributed by atoms with Gasteiger partial charge in [0, 0.05) is 34.8 Å².